The number of pyridine rings is 1. The zero-order chi connectivity index (χ0) is 23.8. The van der Waals surface area contributed by atoms with Gasteiger partial charge in [0.25, 0.3) is 5.91 Å². The van der Waals surface area contributed by atoms with Crippen molar-refractivity contribution in [2.75, 3.05) is 10.6 Å². The number of amides is 3. The van der Waals surface area contributed by atoms with Crippen LogP contribution in [0.5, 0.6) is 0 Å². The van der Waals surface area contributed by atoms with Crippen LogP contribution in [0.4, 0.5) is 33.7 Å². The molecule has 0 radical (unpaired) electrons. The van der Waals surface area contributed by atoms with Crippen LogP contribution in [0.15, 0.2) is 60.9 Å². The molecule has 4 aromatic rings. The summed E-state index contributed by atoms with van der Waals surface area (Å²) >= 11 is 0. The van der Waals surface area contributed by atoms with Crippen molar-refractivity contribution < 1.29 is 27.2 Å². The summed E-state index contributed by atoms with van der Waals surface area (Å²) in [5.41, 5.74) is 6.04. The second-order valence-electron chi connectivity index (χ2n) is 7.01. The Balaban J connectivity index is 1.55. The molecular weight excluding hydrogens is 442 g/mol. The van der Waals surface area contributed by atoms with Gasteiger partial charge in [-0.3, -0.25) is 9.78 Å². The van der Waals surface area contributed by atoms with Gasteiger partial charge in [-0.25, -0.2) is 9.18 Å². The van der Waals surface area contributed by atoms with Crippen molar-refractivity contribution in [2.24, 2.45) is 5.73 Å². The summed E-state index contributed by atoms with van der Waals surface area (Å²) in [5, 5.41) is 5.20. The fraction of sp³-hybridized carbons (Fsp3) is 0.0455. The first-order valence-electron chi connectivity index (χ1n) is 9.44. The van der Waals surface area contributed by atoms with Crippen LogP contribution in [-0.2, 0) is 6.18 Å². The highest BCUT2D eigenvalue weighted by Gasteiger charge is 2.31. The van der Waals surface area contributed by atoms with Crippen LogP contribution in [0.1, 0.15) is 16.1 Å². The summed E-state index contributed by atoms with van der Waals surface area (Å²) in [6, 6.07) is 8.78. The van der Waals surface area contributed by atoms with E-state index in [0.717, 1.165) is 5.39 Å². The first kappa shape index (κ1) is 21.8. The Hall–Kier alpha value is -4.41. The van der Waals surface area contributed by atoms with Crippen LogP contribution in [-0.4, -0.2) is 21.9 Å². The molecule has 0 unspecified atom stereocenters. The number of carbonyl (C=O) groups excluding carboxylic acids is 2. The number of hydrogen-bond acceptors (Lipinski definition) is 3. The first-order chi connectivity index (χ1) is 15.6. The minimum absolute atomic E-state index is 0.191. The van der Waals surface area contributed by atoms with Crippen molar-refractivity contribution in [2.45, 2.75) is 6.18 Å². The van der Waals surface area contributed by atoms with Crippen LogP contribution in [0.25, 0.3) is 22.0 Å². The molecule has 4 rings (SSSR count). The minimum Gasteiger partial charge on any atom is -0.364 e. The summed E-state index contributed by atoms with van der Waals surface area (Å²) in [4.78, 5) is 31.0. The molecule has 0 fully saturated rings. The molecule has 0 bridgehead atoms. The number of hydrogen-bond donors (Lipinski definition) is 4. The third kappa shape index (κ3) is 4.47. The second-order valence-corrected chi connectivity index (χ2v) is 7.01. The number of carbonyl (C=O) groups is 2. The number of nitrogens with one attached hydrogen (secondary N) is 3. The van der Waals surface area contributed by atoms with Crippen LogP contribution < -0.4 is 16.4 Å². The average Bonchev–Trinajstić information content (AvgIpc) is 3.15. The van der Waals surface area contributed by atoms with E-state index in [1.807, 2.05) is 0 Å². The van der Waals surface area contributed by atoms with Gasteiger partial charge in [0.1, 0.15) is 11.5 Å². The molecule has 7 nitrogen and oxygen atoms in total. The molecule has 0 atom stereocenters. The summed E-state index contributed by atoms with van der Waals surface area (Å²) in [6.07, 6.45) is -1.56. The van der Waals surface area contributed by atoms with E-state index in [1.54, 1.807) is 30.6 Å². The number of alkyl halides is 3. The number of anilines is 2. The van der Waals surface area contributed by atoms with Gasteiger partial charge < -0.3 is 21.4 Å². The third-order valence-electron chi connectivity index (χ3n) is 4.82. The number of aromatic nitrogens is 2. The molecule has 2 heterocycles. The lowest BCUT2D eigenvalue weighted by Gasteiger charge is -2.12. The molecular formula is C22H15F4N5O2. The minimum atomic E-state index is -4.68. The quantitative estimate of drug-likeness (QED) is 0.319. The maximum atomic E-state index is 13.8. The van der Waals surface area contributed by atoms with Crippen molar-refractivity contribution in [1.29, 1.82) is 0 Å². The maximum absolute atomic E-state index is 13.8. The number of urea groups is 1. The van der Waals surface area contributed by atoms with Gasteiger partial charge in [0.05, 0.1) is 23.0 Å². The Bertz CT molecular complexity index is 1360. The molecule has 2 aromatic carbocycles. The number of aromatic amines is 1. The molecule has 3 amide bonds. The molecule has 0 spiro atoms. The van der Waals surface area contributed by atoms with E-state index in [-0.39, 0.29) is 11.4 Å². The lowest BCUT2D eigenvalue weighted by Crippen LogP contribution is -2.20. The Labute approximate surface area is 183 Å². The lowest BCUT2D eigenvalue weighted by atomic mass is 10.0. The van der Waals surface area contributed by atoms with E-state index < -0.39 is 35.2 Å². The molecule has 2 aromatic heterocycles. The van der Waals surface area contributed by atoms with Gasteiger partial charge in [-0.05, 0) is 42.0 Å². The van der Waals surface area contributed by atoms with Crippen LogP contribution in [0, 0.1) is 5.82 Å². The highest BCUT2D eigenvalue weighted by Crippen LogP contribution is 2.33. The number of H-pyrrole nitrogens is 1. The molecule has 0 aliphatic carbocycles. The van der Waals surface area contributed by atoms with Crippen molar-refractivity contribution in [3.63, 3.8) is 0 Å². The van der Waals surface area contributed by atoms with E-state index in [0.29, 0.717) is 34.8 Å². The maximum Gasteiger partial charge on any atom is 0.416 e. The average molecular weight is 457 g/mol. The van der Waals surface area contributed by atoms with Gasteiger partial charge >= 0.3 is 12.2 Å². The number of primary amides is 1. The fourth-order valence-corrected chi connectivity index (χ4v) is 3.33. The number of halogens is 4. The van der Waals surface area contributed by atoms with Crippen molar-refractivity contribution >= 4 is 34.2 Å². The smallest absolute Gasteiger partial charge is 0.364 e. The predicted octanol–water partition coefficient (Wildman–Crippen LogP) is 5.13. The topological polar surface area (TPSA) is 113 Å². The number of nitrogens with zero attached hydrogens (tertiary/aromatic N) is 1. The standard InChI is InChI=1S/C22H15F4N5O2/c23-15-6-3-12(22(24,25)26)9-16(15)31-21(33)29-13-4-1-11(2-5-13)18-14-7-8-28-10-17(14)30-19(18)20(27)32/h1-10,30H,(H2,27,32)(H2,29,31,33). The molecule has 5 N–H and O–H groups in total. The van der Waals surface area contributed by atoms with Crippen LogP contribution in [0.3, 0.4) is 0 Å². The Morgan fingerprint density at radius 2 is 1.73 bits per heavy atom. The number of benzene rings is 2. The van der Waals surface area contributed by atoms with Gasteiger partial charge in [-0.1, -0.05) is 12.1 Å². The summed E-state index contributed by atoms with van der Waals surface area (Å²) in [7, 11) is 0. The van der Waals surface area contributed by atoms with Crippen LogP contribution in [0.2, 0.25) is 0 Å². The highest BCUT2D eigenvalue weighted by atomic mass is 19.4. The Kier molecular flexibility index (Phi) is 5.46. The number of rotatable bonds is 4. The van der Waals surface area contributed by atoms with Gasteiger partial charge in [0.2, 0.25) is 0 Å². The van der Waals surface area contributed by atoms with Gasteiger partial charge in [-0.2, -0.15) is 13.2 Å². The summed E-state index contributed by atoms with van der Waals surface area (Å²) in [6.45, 7) is 0. The zero-order valence-corrected chi connectivity index (χ0v) is 16.6. The largest absolute Gasteiger partial charge is 0.416 e. The lowest BCUT2D eigenvalue weighted by molar-refractivity contribution is -0.137. The van der Waals surface area contributed by atoms with E-state index in [9.17, 15) is 27.2 Å². The van der Waals surface area contributed by atoms with Gasteiger partial charge in [-0.15, -0.1) is 0 Å². The summed E-state index contributed by atoms with van der Waals surface area (Å²) < 4.78 is 52.3. The highest BCUT2D eigenvalue weighted by molar-refractivity contribution is 6.09. The fourth-order valence-electron chi connectivity index (χ4n) is 3.33. The molecule has 33 heavy (non-hydrogen) atoms. The van der Waals surface area contributed by atoms with Gasteiger partial charge in [0, 0.05) is 22.8 Å². The second kappa shape index (κ2) is 8.26. The molecule has 0 aliphatic rings. The normalized spacial score (nSPS) is 11.4. The molecule has 0 aliphatic heterocycles. The molecule has 11 heteroatoms. The van der Waals surface area contributed by atoms with E-state index >= 15 is 0 Å². The van der Waals surface area contributed by atoms with Crippen LogP contribution >= 0.6 is 0 Å². The Morgan fingerprint density at radius 3 is 2.39 bits per heavy atom. The first-order valence-corrected chi connectivity index (χ1v) is 9.44. The van der Waals surface area contributed by atoms with E-state index in [4.69, 9.17) is 5.73 Å². The van der Waals surface area contributed by atoms with Crippen molar-refractivity contribution in [3.8, 4) is 11.1 Å². The SMILES string of the molecule is NC(=O)c1[nH]c2cnccc2c1-c1ccc(NC(=O)Nc2cc(C(F)(F)F)ccc2F)cc1. The zero-order valence-electron chi connectivity index (χ0n) is 16.6. The van der Waals surface area contributed by atoms with Crippen molar-refractivity contribution in [1.82, 2.24) is 9.97 Å². The summed E-state index contributed by atoms with van der Waals surface area (Å²) in [5.74, 6) is -1.67. The number of nitrogens with two attached hydrogens (primary N) is 1. The third-order valence-corrected chi connectivity index (χ3v) is 4.82. The molecule has 0 saturated heterocycles. The monoisotopic (exact) mass is 457 g/mol. The molecule has 0 saturated carbocycles. The predicted molar refractivity (Wildman–Crippen MR) is 114 cm³/mol. The number of fused-ring (bicyclic) bond motifs is 1. The molecule has 168 valence electrons. The van der Waals surface area contributed by atoms with E-state index in [1.165, 1.54) is 12.1 Å². The van der Waals surface area contributed by atoms with Crippen molar-refractivity contribution in [3.05, 3.63) is 78.0 Å². The van der Waals surface area contributed by atoms with E-state index in [2.05, 4.69) is 20.6 Å². The van der Waals surface area contributed by atoms with Gasteiger partial charge in [0.15, 0.2) is 0 Å². The Morgan fingerprint density at radius 1 is 1.00 bits per heavy atom.